The predicted octanol–water partition coefficient (Wildman–Crippen LogP) is 17.5. The predicted molar refractivity (Wildman–Crippen MR) is 279 cm³/mol. The van der Waals surface area contributed by atoms with E-state index in [0.717, 1.165) is 17.1 Å². The van der Waals surface area contributed by atoms with Crippen LogP contribution in [0.4, 0.5) is 17.1 Å². The molecule has 0 fully saturated rings. The van der Waals surface area contributed by atoms with E-state index in [-0.39, 0.29) is 5.41 Å². The average molecular weight is 858 g/mol. The first-order chi connectivity index (χ1) is 32.5. The normalized spacial score (nSPS) is 14.2. The molecule has 0 radical (unpaired) electrons. The van der Waals surface area contributed by atoms with Gasteiger partial charge in [-0.25, -0.2) is 0 Å². The number of benzene rings is 10. The number of thiophene rings is 1. The van der Waals surface area contributed by atoms with Crippen LogP contribution in [0.25, 0.3) is 75.8 Å². The lowest BCUT2D eigenvalue weighted by Crippen LogP contribution is -2.25. The third-order valence-electron chi connectivity index (χ3n) is 15.1. The summed E-state index contributed by atoms with van der Waals surface area (Å²) in [6, 6.07) is 84.5. The van der Waals surface area contributed by atoms with E-state index in [1.165, 1.54) is 109 Å². The molecule has 10 aromatic carbocycles. The lowest BCUT2D eigenvalue weighted by molar-refractivity contribution is 0.660. The number of anilines is 3. The standard InChI is InChI=1S/C64H43NS/c1-63(2)52-26-10-6-24-50(52)62-49(25-17-30-57(62)63)46-22-8-15-32-59(46)65(58-31-14-7-18-42(58)40-34-36-48-47-23-9-16-33-60(47)66-61(48)38-40)41-35-37-56-51(39-41)45-21-5-13-29-55(45)64(56)53-27-11-3-19-43(53)44-20-4-12-28-54(44)64/h3-39H,1-2H3. The molecule has 11 aromatic rings. The van der Waals surface area contributed by atoms with Gasteiger partial charge in [-0.3, -0.25) is 0 Å². The van der Waals surface area contributed by atoms with E-state index in [2.05, 4.69) is 243 Å². The first kappa shape index (κ1) is 37.6. The minimum absolute atomic E-state index is 0.116. The van der Waals surface area contributed by atoms with Crippen LogP contribution in [0.3, 0.4) is 0 Å². The second-order valence-corrected chi connectivity index (χ2v) is 19.8. The molecule has 1 heterocycles. The van der Waals surface area contributed by atoms with Gasteiger partial charge in [0.15, 0.2) is 0 Å². The van der Waals surface area contributed by atoms with Gasteiger partial charge in [-0.05, 0) is 114 Å². The van der Waals surface area contributed by atoms with Crippen molar-refractivity contribution in [2.75, 3.05) is 4.90 Å². The summed E-state index contributed by atoms with van der Waals surface area (Å²) >= 11 is 1.88. The van der Waals surface area contributed by atoms with E-state index >= 15 is 0 Å². The summed E-state index contributed by atoms with van der Waals surface area (Å²) in [5.41, 5.74) is 23.7. The summed E-state index contributed by atoms with van der Waals surface area (Å²) in [6.45, 7) is 4.75. The fourth-order valence-corrected chi connectivity index (χ4v) is 13.5. The minimum atomic E-state index is -0.414. The molecule has 0 N–H and O–H groups in total. The molecule has 66 heavy (non-hydrogen) atoms. The van der Waals surface area contributed by atoms with Crippen molar-refractivity contribution in [2.45, 2.75) is 24.7 Å². The molecular weight excluding hydrogens is 815 g/mol. The molecule has 0 atom stereocenters. The molecule has 1 spiro atoms. The Morgan fingerprint density at radius 2 is 0.833 bits per heavy atom. The Morgan fingerprint density at radius 3 is 1.55 bits per heavy atom. The zero-order valence-electron chi connectivity index (χ0n) is 36.7. The summed E-state index contributed by atoms with van der Waals surface area (Å²) in [7, 11) is 0. The van der Waals surface area contributed by atoms with E-state index in [9.17, 15) is 0 Å². The van der Waals surface area contributed by atoms with Crippen molar-refractivity contribution in [1.29, 1.82) is 0 Å². The molecule has 0 saturated heterocycles. The lowest BCUT2D eigenvalue weighted by Gasteiger charge is -2.32. The highest BCUT2D eigenvalue weighted by atomic mass is 32.1. The maximum Gasteiger partial charge on any atom is 0.0725 e. The SMILES string of the molecule is CC1(C)c2ccccc2-c2c(-c3ccccc3N(c3ccc4c(c3)-c3ccccc3C43c4ccccc4-c4ccccc43)c3ccccc3-c3ccc4c(c3)sc3ccccc34)cccc21. The molecule has 0 aliphatic heterocycles. The van der Waals surface area contributed by atoms with Crippen LogP contribution in [-0.2, 0) is 10.8 Å². The van der Waals surface area contributed by atoms with Crippen molar-refractivity contribution < 1.29 is 0 Å². The molecule has 3 aliphatic rings. The van der Waals surface area contributed by atoms with Crippen LogP contribution >= 0.6 is 11.3 Å². The Morgan fingerprint density at radius 1 is 0.333 bits per heavy atom. The van der Waals surface area contributed by atoms with E-state index < -0.39 is 5.41 Å². The zero-order chi connectivity index (χ0) is 43.7. The van der Waals surface area contributed by atoms with Gasteiger partial charge in [0.25, 0.3) is 0 Å². The summed E-state index contributed by atoms with van der Waals surface area (Å²) in [5, 5.41) is 2.62. The Kier molecular flexibility index (Phi) is 7.89. The van der Waals surface area contributed by atoms with Crippen LogP contribution in [0, 0.1) is 0 Å². The highest BCUT2D eigenvalue weighted by Crippen LogP contribution is 2.63. The highest BCUT2D eigenvalue weighted by Gasteiger charge is 2.51. The molecule has 14 rings (SSSR count). The van der Waals surface area contributed by atoms with Crippen LogP contribution in [0.2, 0.25) is 0 Å². The largest absolute Gasteiger partial charge is 0.309 e. The third-order valence-corrected chi connectivity index (χ3v) is 16.2. The van der Waals surface area contributed by atoms with Crippen LogP contribution in [0.5, 0.6) is 0 Å². The summed E-state index contributed by atoms with van der Waals surface area (Å²) in [5.74, 6) is 0. The van der Waals surface area contributed by atoms with Crippen LogP contribution in [0.15, 0.2) is 224 Å². The molecule has 0 amide bonds. The second kappa shape index (κ2) is 13.9. The molecule has 0 unspecified atom stereocenters. The van der Waals surface area contributed by atoms with Crippen LogP contribution < -0.4 is 4.90 Å². The quantitative estimate of drug-likeness (QED) is 0.167. The summed E-state index contributed by atoms with van der Waals surface area (Å²) in [4.78, 5) is 2.55. The number of fused-ring (bicyclic) bond motifs is 16. The third kappa shape index (κ3) is 5.00. The molecule has 1 nitrogen and oxygen atoms in total. The van der Waals surface area contributed by atoms with Crippen molar-refractivity contribution in [2.24, 2.45) is 0 Å². The van der Waals surface area contributed by atoms with Crippen molar-refractivity contribution >= 4 is 48.6 Å². The lowest BCUT2D eigenvalue weighted by atomic mass is 9.70. The topological polar surface area (TPSA) is 3.24 Å². The first-order valence-corrected chi connectivity index (χ1v) is 23.9. The molecule has 3 aliphatic carbocycles. The Labute approximate surface area is 389 Å². The fraction of sp³-hybridized carbons (Fsp3) is 0.0625. The van der Waals surface area contributed by atoms with Crippen molar-refractivity contribution in [3.63, 3.8) is 0 Å². The molecule has 2 heteroatoms. The van der Waals surface area contributed by atoms with Gasteiger partial charge in [0, 0.05) is 42.4 Å². The van der Waals surface area contributed by atoms with Gasteiger partial charge in [0.05, 0.1) is 16.8 Å². The number of para-hydroxylation sites is 2. The Balaban J connectivity index is 1.04. The van der Waals surface area contributed by atoms with E-state index in [1.54, 1.807) is 0 Å². The van der Waals surface area contributed by atoms with E-state index in [1.807, 2.05) is 11.3 Å². The minimum Gasteiger partial charge on any atom is -0.309 e. The van der Waals surface area contributed by atoms with Gasteiger partial charge in [-0.1, -0.05) is 202 Å². The maximum atomic E-state index is 2.55. The smallest absolute Gasteiger partial charge is 0.0725 e. The molecular formula is C64H43NS. The summed E-state index contributed by atoms with van der Waals surface area (Å²) < 4.78 is 2.62. The number of nitrogens with zero attached hydrogens (tertiary/aromatic N) is 1. The van der Waals surface area contributed by atoms with Gasteiger partial charge < -0.3 is 4.90 Å². The number of hydrogen-bond acceptors (Lipinski definition) is 2. The fourth-order valence-electron chi connectivity index (χ4n) is 12.3. The maximum absolute atomic E-state index is 2.55. The van der Waals surface area contributed by atoms with Crippen molar-refractivity contribution in [3.8, 4) is 55.6 Å². The first-order valence-electron chi connectivity index (χ1n) is 23.1. The Bertz CT molecular complexity index is 3780. The molecule has 1 aromatic heterocycles. The summed E-state index contributed by atoms with van der Waals surface area (Å²) in [6.07, 6.45) is 0. The molecule has 0 saturated carbocycles. The van der Waals surface area contributed by atoms with Gasteiger partial charge in [0.1, 0.15) is 0 Å². The number of rotatable bonds is 5. The van der Waals surface area contributed by atoms with E-state index in [0.29, 0.717) is 0 Å². The Hall–Kier alpha value is -7.78. The van der Waals surface area contributed by atoms with Crippen LogP contribution in [-0.4, -0.2) is 0 Å². The molecule has 310 valence electrons. The highest BCUT2D eigenvalue weighted by molar-refractivity contribution is 7.25. The van der Waals surface area contributed by atoms with Gasteiger partial charge in [-0.15, -0.1) is 11.3 Å². The van der Waals surface area contributed by atoms with Gasteiger partial charge in [0.2, 0.25) is 0 Å². The monoisotopic (exact) mass is 857 g/mol. The van der Waals surface area contributed by atoms with Crippen molar-refractivity contribution in [1.82, 2.24) is 0 Å². The zero-order valence-corrected chi connectivity index (χ0v) is 37.5. The van der Waals surface area contributed by atoms with Crippen molar-refractivity contribution in [3.05, 3.63) is 258 Å². The van der Waals surface area contributed by atoms with Gasteiger partial charge >= 0.3 is 0 Å². The van der Waals surface area contributed by atoms with Crippen LogP contribution in [0.1, 0.15) is 47.2 Å². The van der Waals surface area contributed by atoms with Gasteiger partial charge in [-0.2, -0.15) is 0 Å². The average Bonchev–Trinajstić information content (AvgIpc) is 4.06. The molecule has 0 bridgehead atoms. The van der Waals surface area contributed by atoms with E-state index in [4.69, 9.17) is 0 Å². The second-order valence-electron chi connectivity index (χ2n) is 18.7. The number of hydrogen-bond donors (Lipinski definition) is 0.